The summed E-state index contributed by atoms with van der Waals surface area (Å²) in [6.45, 7) is 4.92. The number of unbranched alkanes of at least 4 members (excludes halogenated alkanes) is 1. The lowest BCUT2D eigenvalue weighted by Crippen LogP contribution is -2.45. The molecule has 0 aliphatic rings. The first kappa shape index (κ1) is 25.9. The summed E-state index contributed by atoms with van der Waals surface area (Å²) >= 11 is 0. The summed E-state index contributed by atoms with van der Waals surface area (Å²) in [5.74, 6) is -0.774. The summed E-state index contributed by atoms with van der Waals surface area (Å²) in [5, 5.41) is 0. The molecule has 2 aromatic rings. The number of hydrogen-bond donors (Lipinski definition) is 2. The molecule has 3 N–H and O–H groups in total. The number of carbonyl (C=O) groups is 2. The molecule has 1 heterocycles. The van der Waals surface area contributed by atoms with Gasteiger partial charge in [0.05, 0.1) is 20.1 Å². The van der Waals surface area contributed by atoms with E-state index in [-0.39, 0.29) is 42.9 Å². The third kappa shape index (κ3) is 7.04. The summed E-state index contributed by atoms with van der Waals surface area (Å²) < 4.78 is 6.01. The molecule has 1 amide bonds. The Bertz CT molecular complexity index is 1050. The molecule has 180 valence electrons. The molecule has 0 aliphatic heterocycles. The molecule has 1 aromatic carbocycles. The van der Waals surface area contributed by atoms with Crippen LogP contribution in [-0.2, 0) is 27.4 Å². The molecule has 0 fully saturated rings. The van der Waals surface area contributed by atoms with Crippen LogP contribution in [0, 0.1) is 0 Å². The fourth-order valence-corrected chi connectivity index (χ4v) is 3.52. The maximum absolute atomic E-state index is 13.3. The number of aromatic amines is 1. The van der Waals surface area contributed by atoms with Crippen molar-refractivity contribution in [1.82, 2.24) is 14.5 Å². The van der Waals surface area contributed by atoms with Crippen molar-refractivity contribution in [3.63, 3.8) is 0 Å². The maximum atomic E-state index is 13.3. The van der Waals surface area contributed by atoms with E-state index in [9.17, 15) is 19.2 Å². The number of likely N-dealkylation sites (N-methyl/N-ethyl adjacent to an activating group) is 1. The fourth-order valence-electron chi connectivity index (χ4n) is 3.52. The van der Waals surface area contributed by atoms with Crippen LogP contribution >= 0.6 is 0 Å². The standard InChI is InChI=1S/C23H33N5O5/c1-4-6-13-28-21(24)20(22(31)25-23(28)32)27(5-2)18(29)16-26(14-12-19(30)33-3)15-17-10-8-7-9-11-17/h7-11H,4-6,12-16,24H2,1-3H3,(H,25,31,32). The molecule has 0 unspecified atom stereocenters. The van der Waals surface area contributed by atoms with E-state index in [4.69, 9.17) is 10.5 Å². The zero-order valence-electron chi connectivity index (χ0n) is 19.5. The van der Waals surface area contributed by atoms with Gasteiger partial charge in [-0.1, -0.05) is 43.7 Å². The van der Waals surface area contributed by atoms with Crippen molar-refractivity contribution in [2.75, 3.05) is 37.4 Å². The van der Waals surface area contributed by atoms with Gasteiger partial charge in [0.2, 0.25) is 5.91 Å². The third-order valence-corrected chi connectivity index (χ3v) is 5.30. The molecule has 33 heavy (non-hydrogen) atoms. The van der Waals surface area contributed by atoms with Crippen molar-refractivity contribution in [2.45, 2.75) is 46.2 Å². The first-order chi connectivity index (χ1) is 15.8. The number of nitrogens with zero attached hydrogens (tertiary/aromatic N) is 3. The van der Waals surface area contributed by atoms with Crippen LogP contribution in [0.5, 0.6) is 0 Å². The van der Waals surface area contributed by atoms with Crippen molar-refractivity contribution >= 4 is 23.4 Å². The van der Waals surface area contributed by atoms with Gasteiger partial charge in [0.1, 0.15) is 5.82 Å². The van der Waals surface area contributed by atoms with Crippen molar-refractivity contribution in [2.24, 2.45) is 0 Å². The van der Waals surface area contributed by atoms with Gasteiger partial charge in [-0.15, -0.1) is 0 Å². The van der Waals surface area contributed by atoms with Crippen LogP contribution in [0.25, 0.3) is 0 Å². The number of nitrogen functional groups attached to an aromatic ring is 1. The van der Waals surface area contributed by atoms with Gasteiger partial charge in [0.25, 0.3) is 5.56 Å². The van der Waals surface area contributed by atoms with Gasteiger partial charge in [0, 0.05) is 26.2 Å². The molecule has 0 bridgehead atoms. The van der Waals surface area contributed by atoms with Gasteiger partial charge >= 0.3 is 11.7 Å². The molecule has 0 spiro atoms. The largest absolute Gasteiger partial charge is 0.469 e. The molecular formula is C23H33N5O5. The molecule has 1 aromatic heterocycles. The Morgan fingerprint density at radius 3 is 2.45 bits per heavy atom. The number of benzene rings is 1. The summed E-state index contributed by atoms with van der Waals surface area (Å²) in [4.78, 5) is 55.2. The highest BCUT2D eigenvalue weighted by molar-refractivity contribution is 5.96. The summed E-state index contributed by atoms with van der Waals surface area (Å²) in [6, 6.07) is 9.55. The number of H-pyrrole nitrogens is 1. The zero-order valence-corrected chi connectivity index (χ0v) is 19.5. The van der Waals surface area contributed by atoms with E-state index in [1.807, 2.05) is 42.2 Å². The van der Waals surface area contributed by atoms with Crippen LogP contribution < -0.4 is 21.9 Å². The van der Waals surface area contributed by atoms with Crippen LogP contribution in [0.1, 0.15) is 38.7 Å². The second-order valence-electron chi connectivity index (χ2n) is 7.66. The number of anilines is 2. The lowest BCUT2D eigenvalue weighted by Gasteiger charge is -2.27. The summed E-state index contributed by atoms with van der Waals surface area (Å²) in [6.07, 6.45) is 1.66. The van der Waals surface area contributed by atoms with Gasteiger partial charge in [-0.05, 0) is 18.9 Å². The van der Waals surface area contributed by atoms with Crippen molar-refractivity contribution in [1.29, 1.82) is 0 Å². The van der Waals surface area contributed by atoms with Gasteiger partial charge < -0.3 is 15.4 Å². The molecule has 10 nitrogen and oxygen atoms in total. The number of nitrogens with one attached hydrogen (secondary N) is 1. The number of carbonyl (C=O) groups excluding carboxylic acids is 2. The highest BCUT2D eigenvalue weighted by atomic mass is 16.5. The number of nitrogens with two attached hydrogens (primary N) is 1. The Morgan fingerprint density at radius 1 is 1.15 bits per heavy atom. The lowest BCUT2D eigenvalue weighted by molar-refractivity contribution is -0.141. The van der Waals surface area contributed by atoms with Crippen LogP contribution in [0.4, 0.5) is 11.5 Å². The number of amides is 1. The van der Waals surface area contributed by atoms with Crippen LogP contribution in [0.3, 0.4) is 0 Å². The molecule has 10 heteroatoms. The second kappa shape index (κ2) is 12.6. The molecule has 0 atom stereocenters. The smallest absolute Gasteiger partial charge is 0.330 e. The average Bonchev–Trinajstić information content (AvgIpc) is 2.80. The highest BCUT2D eigenvalue weighted by Gasteiger charge is 2.25. The fraction of sp³-hybridized carbons (Fsp3) is 0.478. The normalized spacial score (nSPS) is 10.9. The topological polar surface area (TPSA) is 131 Å². The second-order valence-corrected chi connectivity index (χ2v) is 7.66. The Balaban J connectivity index is 2.31. The monoisotopic (exact) mass is 459 g/mol. The van der Waals surface area contributed by atoms with E-state index in [0.29, 0.717) is 26.1 Å². The van der Waals surface area contributed by atoms with Crippen LogP contribution in [0.2, 0.25) is 0 Å². The minimum absolute atomic E-state index is 0.0310. The van der Waals surface area contributed by atoms with E-state index in [1.54, 1.807) is 6.92 Å². The van der Waals surface area contributed by atoms with E-state index in [1.165, 1.54) is 16.6 Å². The minimum atomic E-state index is -0.704. The lowest BCUT2D eigenvalue weighted by atomic mass is 10.2. The van der Waals surface area contributed by atoms with E-state index in [0.717, 1.165) is 12.0 Å². The van der Waals surface area contributed by atoms with Crippen LogP contribution in [-0.4, -0.2) is 53.1 Å². The van der Waals surface area contributed by atoms with Gasteiger partial charge in [0.15, 0.2) is 5.69 Å². The Hall–Kier alpha value is -3.40. The zero-order chi connectivity index (χ0) is 24.4. The third-order valence-electron chi connectivity index (χ3n) is 5.30. The van der Waals surface area contributed by atoms with Crippen LogP contribution in [0.15, 0.2) is 39.9 Å². The van der Waals surface area contributed by atoms with Gasteiger partial charge in [-0.2, -0.15) is 0 Å². The van der Waals surface area contributed by atoms with E-state index in [2.05, 4.69) is 4.98 Å². The SMILES string of the molecule is CCCCn1c(N)c(N(CC)C(=O)CN(CCC(=O)OC)Cc2ccccc2)c(=O)[nH]c1=O. The first-order valence-electron chi connectivity index (χ1n) is 11.1. The number of hydrogen-bond acceptors (Lipinski definition) is 7. The predicted molar refractivity (Wildman–Crippen MR) is 127 cm³/mol. The highest BCUT2D eigenvalue weighted by Crippen LogP contribution is 2.18. The molecule has 0 saturated heterocycles. The van der Waals surface area contributed by atoms with E-state index >= 15 is 0 Å². The van der Waals surface area contributed by atoms with Gasteiger partial charge in [-0.3, -0.25) is 28.8 Å². The Kier molecular flexibility index (Phi) is 9.86. The quantitative estimate of drug-likeness (QED) is 0.458. The van der Waals surface area contributed by atoms with Crippen molar-refractivity contribution in [3.8, 4) is 0 Å². The van der Waals surface area contributed by atoms with E-state index < -0.39 is 11.2 Å². The maximum Gasteiger partial charge on any atom is 0.330 e. The molecule has 0 radical (unpaired) electrons. The average molecular weight is 460 g/mol. The first-order valence-corrected chi connectivity index (χ1v) is 11.1. The number of rotatable bonds is 12. The van der Waals surface area contributed by atoms with Crippen molar-refractivity contribution < 1.29 is 14.3 Å². The molecule has 0 aliphatic carbocycles. The summed E-state index contributed by atoms with van der Waals surface area (Å²) in [5.41, 5.74) is 5.83. The molecular weight excluding hydrogens is 426 g/mol. The Morgan fingerprint density at radius 2 is 1.85 bits per heavy atom. The van der Waals surface area contributed by atoms with Crippen molar-refractivity contribution in [3.05, 3.63) is 56.7 Å². The molecule has 2 rings (SSSR count). The molecule has 0 saturated carbocycles. The summed E-state index contributed by atoms with van der Waals surface area (Å²) in [7, 11) is 1.32. The number of esters is 1. The minimum Gasteiger partial charge on any atom is -0.469 e. The number of methoxy groups -OCH3 is 1. The predicted octanol–water partition coefficient (Wildman–Crippen LogP) is 1.34. The van der Waals surface area contributed by atoms with Gasteiger partial charge in [-0.25, -0.2) is 4.79 Å². The Labute approximate surface area is 193 Å². The number of ether oxygens (including phenoxy) is 1. The number of aromatic nitrogens is 2.